The first-order valence-corrected chi connectivity index (χ1v) is 7.78. The van der Waals surface area contributed by atoms with Crippen molar-refractivity contribution in [3.8, 4) is 0 Å². The number of nitrogens with zero attached hydrogens (tertiary/aromatic N) is 2. The van der Waals surface area contributed by atoms with Crippen molar-refractivity contribution in [3.63, 3.8) is 0 Å². The summed E-state index contributed by atoms with van der Waals surface area (Å²) in [7, 11) is 0. The largest absolute Gasteiger partial charge is 0.462 e. The normalized spacial score (nSPS) is 22.1. The van der Waals surface area contributed by atoms with E-state index in [0.29, 0.717) is 27.3 Å². The number of aliphatic imine (C=N–C) groups is 2. The zero-order valence-corrected chi connectivity index (χ0v) is 12.6. The number of hydrogen-bond donors (Lipinski definition) is 0. The average molecular weight is 298 g/mol. The van der Waals surface area contributed by atoms with Crippen LogP contribution in [0.15, 0.2) is 20.5 Å². The molecule has 2 aliphatic heterocycles. The van der Waals surface area contributed by atoms with Gasteiger partial charge in [0.05, 0.1) is 16.6 Å². The second kappa shape index (κ2) is 5.92. The van der Waals surface area contributed by atoms with Crippen molar-refractivity contribution in [1.82, 2.24) is 0 Å². The lowest BCUT2D eigenvalue weighted by Gasteiger charge is -2.13. The number of amidine groups is 1. The van der Waals surface area contributed by atoms with E-state index in [1.807, 2.05) is 6.92 Å². The lowest BCUT2D eigenvalue weighted by atomic mass is 10.0. The van der Waals surface area contributed by atoms with Crippen LogP contribution >= 0.6 is 23.5 Å². The molecule has 0 fully saturated rings. The van der Waals surface area contributed by atoms with E-state index in [4.69, 9.17) is 4.74 Å². The van der Waals surface area contributed by atoms with E-state index in [1.165, 1.54) is 23.5 Å². The van der Waals surface area contributed by atoms with Gasteiger partial charge in [0.1, 0.15) is 5.92 Å². The van der Waals surface area contributed by atoms with Gasteiger partial charge in [-0.15, -0.1) is 0 Å². The standard InChI is InChI=1S/C12H14N2O3S2/c1-4-17-11(16)8-6(3)7-9(15)13-12(18-5-2)14-10(7)19-8/h7H,4-5H2,1-3H3. The maximum Gasteiger partial charge on any atom is 0.344 e. The molecule has 2 rings (SSSR count). The Morgan fingerprint density at radius 1 is 1.42 bits per heavy atom. The van der Waals surface area contributed by atoms with E-state index in [-0.39, 0.29) is 11.9 Å². The second-order valence-electron chi connectivity index (χ2n) is 3.88. The van der Waals surface area contributed by atoms with Gasteiger partial charge in [-0.25, -0.2) is 9.79 Å². The van der Waals surface area contributed by atoms with Crippen LogP contribution in [0.5, 0.6) is 0 Å². The molecule has 2 aliphatic rings. The highest BCUT2D eigenvalue weighted by atomic mass is 32.2. The van der Waals surface area contributed by atoms with Gasteiger partial charge in [0.15, 0.2) is 5.17 Å². The number of hydrogen-bond acceptors (Lipinski definition) is 6. The number of ether oxygens (including phenoxy) is 1. The molecule has 0 saturated heterocycles. The van der Waals surface area contributed by atoms with E-state index in [0.717, 1.165) is 5.75 Å². The summed E-state index contributed by atoms with van der Waals surface area (Å²) in [4.78, 5) is 32.6. The molecule has 0 N–H and O–H groups in total. The van der Waals surface area contributed by atoms with E-state index >= 15 is 0 Å². The van der Waals surface area contributed by atoms with Crippen LogP contribution in [0.4, 0.5) is 0 Å². The minimum Gasteiger partial charge on any atom is -0.462 e. The molecule has 0 bridgehead atoms. The van der Waals surface area contributed by atoms with Crippen molar-refractivity contribution in [2.45, 2.75) is 20.8 Å². The van der Waals surface area contributed by atoms with E-state index in [1.54, 1.807) is 13.8 Å². The fourth-order valence-corrected chi connectivity index (χ4v) is 3.60. The summed E-state index contributed by atoms with van der Waals surface area (Å²) >= 11 is 2.64. The number of carbonyl (C=O) groups excluding carboxylic acids is 2. The van der Waals surface area contributed by atoms with Crippen LogP contribution < -0.4 is 0 Å². The first-order chi connectivity index (χ1) is 9.08. The minimum atomic E-state index is -0.495. The SMILES string of the molecule is CCOC(=O)C1=C(C)C2C(=O)N=C(SCC)N=C2S1. The van der Waals surface area contributed by atoms with Crippen molar-refractivity contribution < 1.29 is 14.3 Å². The lowest BCUT2D eigenvalue weighted by Crippen LogP contribution is -2.23. The molecule has 1 atom stereocenters. The number of carbonyl (C=O) groups is 2. The fraction of sp³-hybridized carbons (Fsp3) is 0.500. The number of fused-ring (bicyclic) bond motifs is 1. The Balaban J connectivity index is 2.26. The molecule has 19 heavy (non-hydrogen) atoms. The third-order valence-electron chi connectivity index (χ3n) is 2.64. The van der Waals surface area contributed by atoms with Gasteiger partial charge in [-0.3, -0.25) is 4.79 Å². The van der Waals surface area contributed by atoms with Crippen LogP contribution in [0, 0.1) is 5.92 Å². The topological polar surface area (TPSA) is 68.1 Å². The molecule has 0 saturated carbocycles. The predicted octanol–water partition coefficient (Wildman–Crippen LogP) is 2.23. The van der Waals surface area contributed by atoms with E-state index in [2.05, 4.69) is 9.98 Å². The van der Waals surface area contributed by atoms with Gasteiger partial charge in [0.2, 0.25) is 0 Å². The molecule has 102 valence electrons. The molecule has 0 radical (unpaired) electrons. The van der Waals surface area contributed by atoms with Gasteiger partial charge in [0.25, 0.3) is 5.91 Å². The van der Waals surface area contributed by atoms with Crippen LogP contribution in [0.1, 0.15) is 20.8 Å². The Labute approximate surface area is 120 Å². The smallest absolute Gasteiger partial charge is 0.344 e. The van der Waals surface area contributed by atoms with Crippen LogP contribution in [0.2, 0.25) is 0 Å². The Morgan fingerprint density at radius 3 is 2.79 bits per heavy atom. The minimum absolute atomic E-state index is 0.245. The van der Waals surface area contributed by atoms with Gasteiger partial charge in [-0.05, 0) is 25.2 Å². The zero-order chi connectivity index (χ0) is 14.0. The second-order valence-corrected chi connectivity index (χ2v) is 6.15. The average Bonchev–Trinajstić information content (AvgIpc) is 2.68. The van der Waals surface area contributed by atoms with Crippen molar-refractivity contribution in [1.29, 1.82) is 0 Å². The number of thioether (sulfide) groups is 2. The predicted molar refractivity (Wildman–Crippen MR) is 78.4 cm³/mol. The molecule has 0 spiro atoms. The summed E-state index contributed by atoms with van der Waals surface area (Å²) in [5.41, 5.74) is 0.691. The number of esters is 1. The molecule has 7 heteroatoms. The fourth-order valence-electron chi connectivity index (χ4n) is 1.81. The first kappa shape index (κ1) is 14.3. The Kier molecular flexibility index (Phi) is 4.46. The third kappa shape index (κ3) is 2.76. The molecule has 2 heterocycles. The summed E-state index contributed by atoms with van der Waals surface area (Å²) in [6, 6.07) is 0. The Morgan fingerprint density at radius 2 is 2.16 bits per heavy atom. The molecule has 5 nitrogen and oxygen atoms in total. The molecule has 0 aliphatic carbocycles. The van der Waals surface area contributed by atoms with Crippen molar-refractivity contribution in [2.75, 3.05) is 12.4 Å². The highest BCUT2D eigenvalue weighted by Crippen LogP contribution is 2.41. The van der Waals surface area contributed by atoms with Crippen LogP contribution in [-0.2, 0) is 14.3 Å². The van der Waals surface area contributed by atoms with Crippen LogP contribution in [0.3, 0.4) is 0 Å². The molecule has 1 amide bonds. The maximum atomic E-state index is 12.0. The molecular formula is C12H14N2O3S2. The number of amides is 1. The maximum absolute atomic E-state index is 12.0. The monoisotopic (exact) mass is 298 g/mol. The molecule has 0 aromatic heterocycles. The van der Waals surface area contributed by atoms with Gasteiger partial charge in [-0.2, -0.15) is 4.99 Å². The van der Waals surface area contributed by atoms with Crippen molar-refractivity contribution in [2.24, 2.45) is 15.9 Å². The van der Waals surface area contributed by atoms with E-state index < -0.39 is 5.92 Å². The molecule has 0 aromatic carbocycles. The summed E-state index contributed by atoms with van der Waals surface area (Å²) in [5.74, 6) is -0.328. The van der Waals surface area contributed by atoms with Crippen LogP contribution in [-0.4, -0.2) is 34.4 Å². The van der Waals surface area contributed by atoms with Crippen molar-refractivity contribution >= 4 is 45.6 Å². The zero-order valence-electron chi connectivity index (χ0n) is 10.9. The van der Waals surface area contributed by atoms with Crippen molar-refractivity contribution in [3.05, 3.63) is 10.5 Å². The van der Waals surface area contributed by atoms with Gasteiger partial charge >= 0.3 is 5.97 Å². The van der Waals surface area contributed by atoms with Crippen LogP contribution in [0.25, 0.3) is 0 Å². The lowest BCUT2D eigenvalue weighted by molar-refractivity contribution is -0.137. The highest BCUT2D eigenvalue weighted by Gasteiger charge is 2.40. The summed E-state index contributed by atoms with van der Waals surface area (Å²) in [5, 5.41) is 1.11. The third-order valence-corrected chi connectivity index (χ3v) is 4.60. The molecular weight excluding hydrogens is 284 g/mol. The molecule has 0 aromatic rings. The molecule has 1 unspecified atom stereocenters. The quantitative estimate of drug-likeness (QED) is 0.747. The Hall–Kier alpha value is -1.08. The van der Waals surface area contributed by atoms with Gasteiger partial charge < -0.3 is 4.74 Å². The van der Waals surface area contributed by atoms with E-state index in [9.17, 15) is 9.59 Å². The first-order valence-electron chi connectivity index (χ1n) is 5.98. The van der Waals surface area contributed by atoms with Gasteiger partial charge in [-0.1, -0.05) is 30.4 Å². The summed E-state index contributed by atoms with van der Waals surface area (Å²) in [6.07, 6.45) is 0. The number of rotatable bonds is 3. The Bertz CT molecular complexity index is 523. The summed E-state index contributed by atoms with van der Waals surface area (Å²) in [6.45, 7) is 5.80. The van der Waals surface area contributed by atoms with Gasteiger partial charge in [0, 0.05) is 0 Å². The highest BCUT2D eigenvalue weighted by molar-refractivity contribution is 8.19. The summed E-state index contributed by atoms with van der Waals surface area (Å²) < 4.78 is 4.99.